The highest BCUT2D eigenvalue weighted by atomic mass is 16.2. The molecule has 0 N–H and O–H groups in total. The van der Waals surface area contributed by atoms with Crippen LogP contribution in [-0.2, 0) is 4.79 Å². The standard InChI is InChI=1S/C11H21N2O/c1-5-12-7-10(4)13(6-9(2)3)8-11(12)14/h10H,5-8H2,1-4H3/t10-/m0/s1. The topological polar surface area (TPSA) is 23.6 Å². The number of piperazine rings is 1. The number of carbonyl (C=O) groups is 1. The lowest BCUT2D eigenvalue weighted by molar-refractivity contribution is -0.137. The summed E-state index contributed by atoms with van der Waals surface area (Å²) in [6.07, 6.45) is 0. The maximum absolute atomic E-state index is 11.6. The van der Waals surface area contributed by atoms with Gasteiger partial charge in [0.05, 0.1) is 6.54 Å². The Kier molecular flexibility index (Phi) is 3.93. The largest absolute Gasteiger partial charge is 0.340 e. The van der Waals surface area contributed by atoms with Crippen LogP contribution in [0.2, 0.25) is 0 Å². The van der Waals surface area contributed by atoms with E-state index < -0.39 is 0 Å². The van der Waals surface area contributed by atoms with E-state index in [-0.39, 0.29) is 5.91 Å². The fourth-order valence-corrected chi connectivity index (χ4v) is 1.89. The molecule has 1 heterocycles. The van der Waals surface area contributed by atoms with Gasteiger partial charge in [0.2, 0.25) is 5.91 Å². The van der Waals surface area contributed by atoms with Crippen LogP contribution in [0.15, 0.2) is 0 Å². The summed E-state index contributed by atoms with van der Waals surface area (Å²) in [6, 6.07) is 0.488. The number of carbonyl (C=O) groups excluding carboxylic acids is 1. The van der Waals surface area contributed by atoms with E-state index in [0.717, 1.165) is 19.6 Å². The second-order valence-corrected chi connectivity index (χ2v) is 4.39. The zero-order chi connectivity index (χ0) is 10.7. The van der Waals surface area contributed by atoms with Crippen LogP contribution in [0.4, 0.5) is 0 Å². The number of likely N-dealkylation sites (N-methyl/N-ethyl adjacent to an activating group) is 1. The Hall–Kier alpha value is -0.570. The third-order valence-corrected chi connectivity index (χ3v) is 2.70. The molecule has 1 radical (unpaired) electrons. The van der Waals surface area contributed by atoms with Crippen LogP contribution in [0.25, 0.3) is 0 Å². The Morgan fingerprint density at radius 3 is 2.64 bits per heavy atom. The smallest absolute Gasteiger partial charge is 0.236 e. The molecule has 3 heteroatoms. The van der Waals surface area contributed by atoms with E-state index in [1.54, 1.807) is 0 Å². The Morgan fingerprint density at radius 1 is 1.50 bits per heavy atom. The van der Waals surface area contributed by atoms with E-state index in [0.29, 0.717) is 12.6 Å². The molecule has 81 valence electrons. The van der Waals surface area contributed by atoms with Gasteiger partial charge >= 0.3 is 0 Å². The van der Waals surface area contributed by atoms with Crippen LogP contribution in [0.1, 0.15) is 27.7 Å². The van der Waals surface area contributed by atoms with Gasteiger partial charge in [-0.05, 0) is 19.8 Å². The quantitative estimate of drug-likeness (QED) is 0.677. The van der Waals surface area contributed by atoms with Gasteiger partial charge in [0.15, 0.2) is 0 Å². The van der Waals surface area contributed by atoms with Crippen molar-refractivity contribution in [3.8, 4) is 0 Å². The third kappa shape index (κ3) is 2.71. The first-order valence-corrected chi connectivity index (χ1v) is 5.35. The summed E-state index contributed by atoms with van der Waals surface area (Å²) in [5.74, 6) is 1.64. The molecule has 1 fully saturated rings. The number of amides is 1. The van der Waals surface area contributed by atoms with Crippen molar-refractivity contribution in [1.29, 1.82) is 0 Å². The van der Waals surface area contributed by atoms with E-state index in [1.165, 1.54) is 5.92 Å². The van der Waals surface area contributed by atoms with Gasteiger partial charge in [-0.1, -0.05) is 13.8 Å². The lowest BCUT2D eigenvalue weighted by Gasteiger charge is -2.39. The van der Waals surface area contributed by atoms with E-state index >= 15 is 0 Å². The first-order valence-electron chi connectivity index (χ1n) is 5.35. The summed E-state index contributed by atoms with van der Waals surface area (Å²) in [5, 5.41) is 0. The Bertz CT molecular complexity index is 203. The van der Waals surface area contributed by atoms with Crippen molar-refractivity contribution in [2.45, 2.75) is 33.7 Å². The fourth-order valence-electron chi connectivity index (χ4n) is 1.89. The van der Waals surface area contributed by atoms with Crippen LogP contribution in [-0.4, -0.2) is 47.9 Å². The average Bonchev–Trinajstić information content (AvgIpc) is 2.10. The van der Waals surface area contributed by atoms with Crippen molar-refractivity contribution in [3.63, 3.8) is 0 Å². The molecule has 0 aromatic carbocycles. The molecule has 3 nitrogen and oxygen atoms in total. The molecule has 1 amide bonds. The number of hydrogen-bond acceptors (Lipinski definition) is 2. The van der Waals surface area contributed by atoms with Crippen LogP contribution in [0.5, 0.6) is 0 Å². The summed E-state index contributed by atoms with van der Waals surface area (Å²) in [7, 11) is 0. The molecule has 0 aromatic heterocycles. The fraction of sp³-hybridized carbons (Fsp3) is 0.818. The monoisotopic (exact) mass is 197 g/mol. The SMILES string of the molecule is CCN1C[C@H](C)N(C[C](C)C)CC1=O. The molecule has 0 aliphatic carbocycles. The number of hydrogen-bond donors (Lipinski definition) is 0. The molecule has 0 saturated carbocycles. The van der Waals surface area contributed by atoms with Crippen LogP contribution in [0, 0.1) is 5.92 Å². The predicted octanol–water partition coefficient (Wildman–Crippen LogP) is 1.15. The molecule has 1 atom stereocenters. The van der Waals surface area contributed by atoms with Gasteiger partial charge in [-0.2, -0.15) is 0 Å². The third-order valence-electron chi connectivity index (χ3n) is 2.70. The van der Waals surface area contributed by atoms with E-state index in [1.807, 2.05) is 11.8 Å². The molecule has 0 bridgehead atoms. The second-order valence-electron chi connectivity index (χ2n) is 4.39. The molecule has 0 unspecified atom stereocenters. The van der Waals surface area contributed by atoms with Crippen LogP contribution >= 0.6 is 0 Å². The zero-order valence-electron chi connectivity index (χ0n) is 9.71. The molecular weight excluding hydrogens is 176 g/mol. The highest BCUT2D eigenvalue weighted by Crippen LogP contribution is 2.12. The normalized spacial score (nSPS) is 24.8. The lowest BCUT2D eigenvalue weighted by atomic mass is 10.1. The van der Waals surface area contributed by atoms with Gasteiger partial charge in [0, 0.05) is 25.7 Å². The van der Waals surface area contributed by atoms with Crippen molar-refractivity contribution in [1.82, 2.24) is 9.80 Å². The first kappa shape index (κ1) is 11.5. The van der Waals surface area contributed by atoms with Crippen molar-refractivity contribution >= 4 is 5.91 Å². The van der Waals surface area contributed by atoms with Crippen molar-refractivity contribution < 1.29 is 4.79 Å². The predicted molar refractivity (Wildman–Crippen MR) is 57.9 cm³/mol. The second kappa shape index (κ2) is 4.78. The van der Waals surface area contributed by atoms with Gasteiger partial charge in [-0.25, -0.2) is 0 Å². The van der Waals surface area contributed by atoms with Gasteiger partial charge in [-0.15, -0.1) is 0 Å². The molecule has 1 aliphatic rings. The minimum absolute atomic E-state index is 0.270. The number of nitrogens with zero attached hydrogens (tertiary/aromatic N) is 2. The molecule has 1 aliphatic heterocycles. The summed E-state index contributed by atoms with van der Waals surface area (Å²) in [5.41, 5.74) is 0. The molecule has 1 rings (SSSR count). The molecule has 14 heavy (non-hydrogen) atoms. The van der Waals surface area contributed by atoms with Crippen LogP contribution < -0.4 is 0 Å². The summed E-state index contributed by atoms with van der Waals surface area (Å²) in [6.45, 7) is 11.7. The van der Waals surface area contributed by atoms with Gasteiger partial charge in [-0.3, -0.25) is 9.69 Å². The van der Waals surface area contributed by atoms with Crippen molar-refractivity contribution in [3.05, 3.63) is 5.92 Å². The maximum Gasteiger partial charge on any atom is 0.236 e. The maximum atomic E-state index is 11.6. The van der Waals surface area contributed by atoms with Crippen molar-refractivity contribution in [2.24, 2.45) is 0 Å². The Labute approximate surface area is 87.1 Å². The molecule has 0 aromatic rings. The minimum atomic E-state index is 0.270. The zero-order valence-corrected chi connectivity index (χ0v) is 9.71. The number of rotatable bonds is 3. The molecule has 0 spiro atoms. The Morgan fingerprint density at radius 2 is 2.14 bits per heavy atom. The average molecular weight is 197 g/mol. The lowest BCUT2D eigenvalue weighted by Crippen LogP contribution is -2.55. The minimum Gasteiger partial charge on any atom is -0.340 e. The van der Waals surface area contributed by atoms with Gasteiger partial charge in [0.25, 0.3) is 0 Å². The molecule has 1 saturated heterocycles. The molecular formula is C11H21N2O. The van der Waals surface area contributed by atoms with Crippen molar-refractivity contribution in [2.75, 3.05) is 26.2 Å². The summed E-state index contributed by atoms with van der Waals surface area (Å²) >= 11 is 0. The van der Waals surface area contributed by atoms with E-state index in [4.69, 9.17) is 0 Å². The summed E-state index contributed by atoms with van der Waals surface area (Å²) < 4.78 is 0. The Balaban J connectivity index is 2.53. The first-order chi connectivity index (χ1) is 6.54. The van der Waals surface area contributed by atoms with E-state index in [2.05, 4.69) is 25.7 Å². The highest BCUT2D eigenvalue weighted by Gasteiger charge is 2.28. The van der Waals surface area contributed by atoms with Gasteiger partial charge < -0.3 is 4.90 Å². The highest BCUT2D eigenvalue weighted by molar-refractivity contribution is 5.79. The van der Waals surface area contributed by atoms with E-state index in [9.17, 15) is 4.79 Å². The van der Waals surface area contributed by atoms with Gasteiger partial charge in [0.1, 0.15) is 0 Å². The van der Waals surface area contributed by atoms with Crippen LogP contribution in [0.3, 0.4) is 0 Å². The summed E-state index contributed by atoms with van der Waals surface area (Å²) in [4.78, 5) is 15.8.